The maximum absolute atomic E-state index is 12.0. The van der Waals surface area contributed by atoms with Crippen LogP contribution in [0.15, 0.2) is 3.92 Å². The number of halogens is 1. The molecule has 0 atom stereocenters. The van der Waals surface area contributed by atoms with Crippen molar-refractivity contribution in [3.63, 3.8) is 0 Å². The number of esters is 1. The van der Waals surface area contributed by atoms with Gasteiger partial charge in [0.05, 0.1) is 6.61 Å². The van der Waals surface area contributed by atoms with Gasteiger partial charge in [-0.2, -0.15) is 0 Å². The number of aromatic nitrogens is 1. The first-order valence-electron chi connectivity index (χ1n) is 5.96. The van der Waals surface area contributed by atoms with Crippen LogP contribution < -0.4 is 4.90 Å². The van der Waals surface area contributed by atoms with Crippen molar-refractivity contribution < 1.29 is 19.1 Å². The molecule has 0 bridgehead atoms. The summed E-state index contributed by atoms with van der Waals surface area (Å²) in [6, 6.07) is 0. The monoisotopic (exact) mass is 364 g/mol. The molecule has 6 nitrogen and oxygen atoms in total. The van der Waals surface area contributed by atoms with Gasteiger partial charge in [-0.15, -0.1) is 0 Å². The molecule has 0 unspecified atom stereocenters. The van der Waals surface area contributed by atoms with E-state index in [4.69, 9.17) is 9.47 Å². The predicted octanol–water partition coefficient (Wildman–Crippen LogP) is 3.45. The Bertz CT molecular complexity index is 510. The molecule has 0 spiro atoms. The van der Waals surface area contributed by atoms with E-state index in [1.54, 1.807) is 27.7 Å². The van der Waals surface area contributed by atoms with Crippen molar-refractivity contribution >= 4 is 44.3 Å². The van der Waals surface area contributed by atoms with Crippen LogP contribution in [0.5, 0.6) is 0 Å². The molecule has 1 amide bonds. The molecule has 0 saturated carbocycles. The summed E-state index contributed by atoms with van der Waals surface area (Å²) >= 11 is 4.36. The van der Waals surface area contributed by atoms with E-state index in [-0.39, 0.29) is 12.3 Å². The van der Waals surface area contributed by atoms with Gasteiger partial charge < -0.3 is 9.47 Å². The van der Waals surface area contributed by atoms with Gasteiger partial charge in [0.15, 0.2) is 9.61 Å². The van der Waals surface area contributed by atoms with E-state index in [1.807, 2.05) is 0 Å². The van der Waals surface area contributed by atoms with Crippen LogP contribution in [-0.2, 0) is 9.47 Å². The summed E-state index contributed by atoms with van der Waals surface area (Å²) < 4.78 is 10.7. The van der Waals surface area contributed by atoms with E-state index in [9.17, 15) is 9.59 Å². The number of thiazole rings is 1. The summed E-state index contributed by atoms with van der Waals surface area (Å²) in [5.74, 6) is -0.570. The summed E-state index contributed by atoms with van der Waals surface area (Å²) in [5, 5.41) is 0.379. The van der Waals surface area contributed by atoms with E-state index >= 15 is 0 Å². The van der Waals surface area contributed by atoms with E-state index in [2.05, 4.69) is 20.9 Å². The number of anilines is 1. The lowest BCUT2D eigenvalue weighted by Gasteiger charge is -2.24. The second-order valence-electron chi connectivity index (χ2n) is 4.88. The van der Waals surface area contributed by atoms with Crippen molar-refractivity contribution in [3.05, 3.63) is 9.61 Å². The smallest absolute Gasteiger partial charge is 0.415 e. The molecule has 8 heteroatoms. The number of nitrogens with zero attached hydrogens (tertiary/aromatic N) is 2. The molecule has 1 heterocycles. The number of hydrogen-bond donors (Lipinski definition) is 0. The van der Waals surface area contributed by atoms with Crippen LogP contribution in [0.2, 0.25) is 0 Å². The van der Waals surface area contributed by atoms with Crippen molar-refractivity contribution in [1.29, 1.82) is 0 Å². The number of rotatable bonds is 3. The summed E-state index contributed by atoms with van der Waals surface area (Å²) in [6.07, 6.45) is -0.556. The Morgan fingerprint density at radius 1 is 1.40 bits per heavy atom. The number of carbonyl (C=O) groups excluding carboxylic acids is 2. The highest BCUT2D eigenvalue weighted by Crippen LogP contribution is 2.32. The molecule has 0 aromatic carbocycles. The van der Waals surface area contributed by atoms with Crippen LogP contribution in [0.4, 0.5) is 9.80 Å². The van der Waals surface area contributed by atoms with Crippen molar-refractivity contribution in [1.82, 2.24) is 4.98 Å². The summed E-state index contributed by atoms with van der Waals surface area (Å²) in [7, 11) is 1.52. The molecule has 0 N–H and O–H groups in total. The summed E-state index contributed by atoms with van der Waals surface area (Å²) in [5.41, 5.74) is -0.519. The molecule has 0 aliphatic carbocycles. The maximum Gasteiger partial charge on any atom is 0.415 e. The second-order valence-corrected chi connectivity index (χ2v) is 7.13. The Kier molecular flexibility index (Phi) is 5.52. The van der Waals surface area contributed by atoms with Crippen LogP contribution in [0.25, 0.3) is 0 Å². The molecule has 1 rings (SSSR count). The summed E-state index contributed by atoms with van der Waals surface area (Å²) in [6.45, 7) is 7.26. The zero-order valence-electron chi connectivity index (χ0n) is 12.0. The Morgan fingerprint density at radius 2 is 2.00 bits per heavy atom. The number of hydrogen-bond acceptors (Lipinski definition) is 6. The Balaban J connectivity index is 3.01. The number of amides is 1. The summed E-state index contributed by atoms with van der Waals surface area (Å²) in [4.78, 5) is 29.1. The third-order valence-corrected chi connectivity index (χ3v) is 3.61. The molecule has 0 fully saturated rings. The van der Waals surface area contributed by atoms with Crippen LogP contribution >= 0.6 is 27.3 Å². The molecule has 0 radical (unpaired) electrons. The highest BCUT2D eigenvalue weighted by atomic mass is 79.9. The van der Waals surface area contributed by atoms with Gasteiger partial charge in [-0.1, -0.05) is 11.3 Å². The Hall–Kier alpha value is -1.15. The molecule has 20 heavy (non-hydrogen) atoms. The highest BCUT2D eigenvalue weighted by molar-refractivity contribution is 9.11. The van der Waals surface area contributed by atoms with E-state index in [0.717, 1.165) is 11.3 Å². The zero-order valence-corrected chi connectivity index (χ0v) is 14.4. The molecule has 0 aliphatic rings. The van der Waals surface area contributed by atoms with Crippen LogP contribution in [-0.4, -0.2) is 36.3 Å². The molecule has 0 saturated heterocycles. The quantitative estimate of drug-likeness (QED) is 0.768. The first-order chi connectivity index (χ1) is 9.15. The fraction of sp³-hybridized carbons (Fsp3) is 0.583. The van der Waals surface area contributed by atoms with Crippen LogP contribution in [0.3, 0.4) is 0 Å². The molecular formula is C12H17BrN2O4S. The third kappa shape index (κ3) is 4.45. The number of ether oxygens (including phenoxy) is 2. The fourth-order valence-electron chi connectivity index (χ4n) is 1.26. The lowest BCUT2D eigenvalue weighted by molar-refractivity contribution is 0.0521. The standard InChI is InChI=1S/C12H17BrN2O4S/c1-6-18-9(16)7-8(20-10(13)14-7)15(5)11(17)19-12(2,3)4/h6H2,1-5H3. The Labute approximate surface area is 130 Å². The van der Waals surface area contributed by atoms with Crippen molar-refractivity contribution in [2.24, 2.45) is 0 Å². The van der Waals surface area contributed by atoms with Gasteiger partial charge in [0.25, 0.3) is 0 Å². The van der Waals surface area contributed by atoms with Gasteiger partial charge in [-0.05, 0) is 43.6 Å². The lowest BCUT2D eigenvalue weighted by Crippen LogP contribution is -2.34. The number of carbonyl (C=O) groups is 2. The largest absolute Gasteiger partial charge is 0.461 e. The minimum Gasteiger partial charge on any atom is -0.461 e. The van der Waals surface area contributed by atoms with Gasteiger partial charge in [0, 0.05) is 7.05 Å². The fourth-order valence-corrected chi connectivity index (χ4v) is 2.63. The maximum atomic E-state index is 12.0. The Morgan fingerprint density at radius 3 is 2.50 bits per heavy atom. The van der Waals surface area contributed by atoms with Crippen LogP contribution in [0.1, 0.15) is 38.2 Å². The van der Waals surface area contributed by atoms with Gasteiger partial charge in [0.1, 0.15) is 10.6 Å². The minimum atomic E-state index is -0.614. The van der Waals surface area contributed by atoms with Crippen molar-refractivity contribution in [3.8, 4) is 0 Å². The average Bonchev–Trinajstić information content (AvgIpc) is 2.68. The molecule has 112 valence electrons. The average molecular weight is 365 g/mol. The second kappa shape index (κ2) is 6.53. The van der Waals surface area contributed by atoms with Gasteiger partial charge in [-0.25, -0.2) is 14.6 Å². The van der Waals surface area contributed by atoms with Crippen molar-refractivity contribution in [2.75, 3.05) is 18.6 Å². The first kappa shape index (κ1) is 16.9. The van der Waals surface area contributed by atoms with E-state index < -0.39 is 17.7 Å². The zero-order chi connectivity index (χ0) is 15.5. The normalized spacial score (nSPS) is 11.1. The molecule has 1 aromatic rings. The van der Waals surface area contributed by atoms with E-state index in [0.29, 0.717) is 8.92 Å². The van der Waals surface area contributed by atoms with Gasteiger partial charge in [0.2, 0.25) is 0 Å². The molecule has 0 aliphatic heterocycles. The van der Waals surface area contributed by atoms with E-state index in [1.165, 1.54) is 11.9 Å². The highest BCUT2D eigenvalue weighted by Gasteiger charge is 2.27. The van der Waals surface area contributed by atoms with Gasteiger partial charge in [-0.3, -0.25) is 4.90 Å². The van der Waals surface area contributed by atoms with Crippen LogP contribution in [0, 0.1) is 0 Å². The van der Waals surface area contributed by atoms with Gasteiger partial charge >= 0.3 is 12.1 Å². The third-order valence-electron chi connectivity index (χ3n) is 2.02. The van der Waals surface area contributed by atoms with Crippen molar-refractivity contribution in [2.45, 2.75) is 33.3 Å². The lowest BCUT2D eigenvalue weighted by atomic mass is 10.2. The molecule has 1 aromatic heterocycles. The topological polar surface area (TPSA) is 68.7 Å². The predicted molar refractivity (Wildman–Crippen MR) is 80.4 cm³/mol. The SMILES string of the molecule is CCOC(=O)c1nc(Br)sc1N(C)C(=O)OC(C)(C)C. The minimum absolute atomic E-state index is 0.0945. The first-order valence-corrected chi connectivity index (χ1v) is 7.56. The molecular weight excluding hydrogens is 348 g/mol.